The minimum atomic E-state index is 0.762. The van der Waals surface area contributed by atoms with Crippen LogP contribution in [0.15, 0.2) is 36.4 Å². The zero-order chi connectivity index (χ0) is 12.4. The molecule has 0 aliphatic heterocycles. The third-order valence-electron chi connectivity index (χ3n) is 2.73. The quantitative estimate of drug-likeness (QED) is 0.706. The summed E-state index contributed by atoms with van der Waals surface area (Å²) in [6, 6.07) is 13.6. The number of hydrogen-bond acceptors (Lipinski definition) is 0. The van der Waals surface area contributed by atoms with Crippen LogP contribution in [0.4, 0.5) is 0 Å². The number of aryl methyl sites for hydroxylation is 4. The second-order valence-electron chi connectivity index (χ2n) is 4.88. The first-order valence-electron chi connectivity index (χ1n) is 5.96. The summed E-state index contributed by atoms with van der Waals surface area (Å²) in [6.07, 6.45) is 0. The zero-order valence-electron chi connectivity index (χ0n) is 11.0. The summed E-state index contributed by atoms with van der Waals surface area (Å²) in [5.74, 6) is 0. The molecule has 0 atom stereocenters. The first kappa shape index (κ1) is 12.3. The average Bonchev–Trinajstić information content (AvgIpc) is 2.13. The van der Waals surface area contributed by atoms with Crippen molar-refractivity contribution in [2.45, 2.75) is 27.7 Å². The van der Waals surface area contributed by atoms with Gasteiger partial charge in [0, 0.05) is 0 Å². The summed E-state index contributed by atoms with van der Waals surface area (Å²) in [5, 5.41) is 2.88. The fraction of sp³-hybridized carbons (Fsp3) is 0.250. The van der Waals surface area contributed by atoms with Crippen molar-refractivity contribution < 1.29 is 0 Å². The smallest absolute Gasteiger partial charge is 0.0221 e. The molecule has 0 aromatic heterocycles. The Balaban J connectivity index is 2.31. The van der Waals surface area contributed by atoms with Gasteiger partial charge in [0.05, 0.1) is 0 Å². The Kier molecular flexibility index (Phi) is 3.64. The molecular formula is C16H19P. The molecule has 0 amide bonds. The van der Waals surface area contributed by atoms with Gasteiger partial charge in [0.2, 0.25) is 0 Å². The maximum absolute atomic E-state index is 2.29. The molecule has 0 fully saturated rings. The van der Waals surface area contributed by atoms with E-state index < -0.39 is 0 Å². The van der Waals surface area contributed by atoms with E-state index in [1.165, 1.54) is 32.9 Å². The normalized spacial score (nSPS) is 10.6. The van der Waals surface area contributed by atoms with Gasteiger partial charge in [-0.2, -0.15) is 0 Å². The van der Waals surface area contributed by atoms with E-state index in [0.717, 1.165) is 8.58 Å². The van der Waals surface area contributed by atoms with Crippen molar-refractivity contribution in [2.24, 2.45) is 0 Å². The molecule has 0 unspecified atom stereocenters. The third kappa shape index (κ3) is 3.41. The lowest BCUT2D eigenvalue weighted by Gasteiger charge is -2.07. The summed E-state index contributed by atoms with van der Waals surface area (Å²) in [7, 11) is 0.762. The highest BCUT2D eigenvalue weighted by Gasteiger charge is 2.00. The Morgan fingerprint density at radius 2 is 0.824 bits per heavy atom. The first-order valence-corrected chi connectivity index (χ1v) is 6.96. The Labute approximate surface area is 106 Å². The zero-order valence-corrected chi connectivity index (χ0v) is 12.0. The van der Waals surface area contributed by atoms with Crippen molar-refractivity contribution in [3.05, 3.63) is 58.7 Å². The van der Waals surface area contributed by atoms with E-state index in [9.17, 15) is 0 Å². The van der Waals surface area contributed by atoms with Gasteiger partial charge in [-0.05, 0) is 38.3 Å². The second-order valence-corrected chi connectivity index (χ2v) is 6.28. The predicted molar refractivity (Wildman–Crippen MR) is 79.4 cm³/mol. The van der Waals surface area contributed by atoms with Gasteiger partial charge in [0.15, 0.2) is 0 Å². The van der Waals surface area contributed by atoms with Crippen LogP contribution in [-0.2, 0) is 0 Å². The molecule has 0 nitrogen and oxygen atoms in total. The SMILES string of the molecule is Cc1cc(C)cc(Pc2cc(C)cc(C)c2)c1. The molecule has 2 rings (SSSR count). The van der Waals surface area contributed by atoms with Crippen molar-refractivity contribution in [1.29, 1.82) is 0 Å². The second kappa shape index (κ2) is 5.02. The number of benzene rings is 2. The topological polar surface area (TPSA) is 0 Å². The highest BCUT2D eigenvalue weighted by molar-refractivity contribution is 7.55. The van der Waals surface area contributed by atoms with Crippen molar-refractivity contribution >= 4 is 19.2 Å². The van der Waals surface area contributed by atoms with E-state index in [2.05, 4.69) is 64.1 Å². The monoisotopic (exact) mass is 242 g/mol. The van der Waals surface area contributed by atoms with Crippen LogP contribution in [0.25, 0.3) is 0 Å². The lowest BCUT2D eigenvalue weighted by molar-refractivity contribution is 1.40. The molecule has 0 bridgehead atoms. The van der Waals surface area contributed by atoms with Crippen LogP contribution in [0.2, 0.25) is 0 Å². The molecule has 1 heteroatoms. The molecule has 0 spiro atoms. The molecule has 0 N–H and O–H groups in total. The minimum absolute atomic E-state index is 0.762. The van der Waals surface area contributed by atoms with Crippen LogP contribution < -0.4 is 10.6 Å². The van der Waals surface area contributed by atoms with Gasteiger partial charge in [-0.3, -0.25) is 0 Å². The summed E-state index contributed by atoms with van der Waals surface area (Å²) in [5.41, 5.74) is 5.43. The first-order chi connectivity index (χ1) is 8.02. The molecule has 0 saturated heterocycles. The van der Waals surface area contributed by atoms with Crippen LogP contribution >= 0.6 is 8.58 Å². The van der Waals surface area contributed by atoms with Gasteiger partial charge in [-0.25, -0.2) is 0 Å². The Hall–Kier alpha value is -1.13. The molecule has 2 aromatic rings. The lowest BCUT2D eigenvalue weighted by Crippen LogP contribution is -2.05. The Morgan fingerprint density at radius 3 is 1.12 bits per heavy atom. The summed E-state index contributed by atoms with van der Waals surface area (Å²) in [4.78, 5) is 0. The van der Waals surface area contributed by atoms with Gasteiger partial charge < -0.3 is 0 Å². The standard InChI is InChI=1S/C16H19P/c1-11-5-12(2)8-15(7-11)17-16-9-13(3)6-14(4)10-16/h5-10,17H,1-4H3. The van der Waals surface area contributed by atoms with E-state index >= 15 is 0 Å². The number of rotatable bonds is 2. The van der Waals surface area contributed by atoms with Crippen molar-refractivity contribution in [3.63, 3.8) is 0 Å². The number of hydrogen-bond donors (Lipinski definition) is 0. The molecule has 0 aliphatic rings. The van der Waals surface area contributed by atoms with Gasteiger partial charge in [-0.15, -0.1) is 0 Å². The minimum Gasteiger partial charge on any atom is -0.0591 e. The molecule has 0 saturated carbocycles. The van der Waals surface area contributed by atoms with Crippen LogP contribution in [0.1, 0.15) is 22.3 Å². The molecular weight excluding hydrogens is 223 g/mol. The third-order valence-corrected chi connectivity index (χ3v) is 3.89. The molecule has 0 radical (unpaired) electrons. The van der Waals surface area contributed by atoms with E-state index in [4.69, 9.17) is 0 Å². The maximum Gasteiger partial charge on any atom is -0.0221 e. The predicted octanol–water partition coefficient (Wildman–Crippen LogP) is 3.55. The molecule has 2 aromatic carbocycles. The van der Waals surface area contributed by atoms with Crippen LogP contribution in [0.5, 0.6) is 0 Å². The Morgan fingerprint density at radius 1 is 0.529 bits per heavy atom. The van der Waals surface area contributed by atoms with Crippen LogP contribution in [0.3, 0.4) is 0 Å². The van der Waals surface area contributed by atoms with Gasteiger partial charge in [-0.1, -0.05) is 67.2 Å². The van der Waals surface area contributed by atoms with Gasteiger partial charge in [0.25, 0.3) is 0 Å². The molecule has 88 valence electrons. The van der Waals surface area contributed by atoms with Crippen molar-refractivity contribution in [1.82, 2.24) is 0 Å². The van der Waals surface area contributed by atoms with Crippen molar-refractivity contribution in [3.8, 4) is 0 Å². The fourth-order valence-corrected chi connectivity index (χ4v) is 3.79. The fourth-order valence-electron chi connectivity index (χ4n) is 2.26. The summed E-state index contributed by atoms with van der Waals surface area (Å²) < 4.78 is 0. The van der Waals surface area contributed by atoms with E-state index in [1.54, 1.807) is 0 Å². The maximum atomic E-state index is 2.29. The van der Waals surface area contributed by atoms with Gasteiger partial charge >= 0.3 is 0 Å². The highest BCUT2D eigenvalue weighted by Crippen LogP contribution is 2.15. The molecule has 0 aliphatic carbocycles. The summed E-state index contributed by atoms with van der Waals surface area (Å²) >= 11 is 0. The Bertz CT molecular complexity index is 451. The average molecular weight is 242 g/mol. The summed E-state index contributed by atoms with van der Waals surface area (Å²) in [6.45, 7) is 8.68. The van der Waals surface area contributed by atoms with Gasteiger partial charge in [0.1, 0.15) is 0 Å². The highest BCUT2D eigenvalue weighted by atomic mass is 31.1. The van der Waals surface area contributed by atoms with Crippen LogP contribution in [0, 0.1) is 27.7 Å². The van der Waals surface area contributed by atoms with Crippen LogP contribution in [-0.4, -0.2) is 0 Å². The van der Waals surface area contributed by atoms with E-state index in [1.807, 2.05) is 0 Å². The lowest BCUT2D eigenvalue weighted by atomic mass is 10.2. The molecule has 17 heavy (non-hydrogen) atoms. The van der Waals surface area contributed by atoms with E-state index in [0.29, 0.717) is 0 Å². The van der Waals surface area contributed by atoms with E-state index in [-0.39, 0.29) is 0 Å². The van der Waals surface area contributed by atoms with Crippen molar-refractivity contribution in [2.75, 3.05) is 0 Å². The largest absolute Gasteiger partial charge is 0.0591 e. The molecule has 0 heterocycles.